The fourth-order valence-corrected chi connectivity index (χ4v) is 6.23. The molecule has 10 nitrogen and oxygen atoms in total. The summed E-state index contributed by atoms with van der Waals surface area (Å²) in [6.07, 6.45) is 5.20. The van der Waals surface area contributed by atoms with Gasteiger partial charge in [-0.2, -0.15) is 10.2 Å². The Bertz CT molecular complexity index is 1460. The van der Waals surface area contributed by atoms with Crippen LogP contribution in [0.5, 0.6) is 0 Å². The van der Waals surface area contributed by atoms with Crippen LogP contribution in [0, 0.1) is 0 Å². The van der Waals surface area contributed by atoms with Gasteiger partial charge in [-0.15, -0.1) is 0 Å². The van der Waals surface area contributed by atoms with Crippen LogP contribution in [0.25, 0.3) is 28.0 Å². The van der Waals surface area contributed by atoms with Crippen molar-refractivity contribution < 1.29 is 9.53 Å². The van der Waals surface area contributed by atoms with Crippen LogP contribution in [-0.2, 0) is 9.53 Å². The number of nitrogens with zero attached hydrogens (tertiary/aromatic N) is 7. The van der Waals surface area contributed by atoms with Crippen LogP contribution >= 0.6 is 0 Å². The minimum atomic E-state index is 0.128. The summed E-state index contributed by atoms with van der Waals surface area (Å²) in [5, 5.41) is 9.28. The fourth-order valence-electron chi connectivity index (χ4n) is 6.23. The molecule has 3 aromatic heterocycles. The molecule has 5 heterocycles. The van der Waals surface area contributed by atoms with Crippen LogP contribution in [0.1, 0.15) is 39.7 Å². The Morgan fingerprint density at radius 1 is 1.03 bits per heavy atom. The Balaban J connectivity index is 1.41. The number of nitrogen functional groups attached to an aromatic ring is 1. The molecule has 0 spiro atoms. The zero-order chi connectivity index (χ0) is 26.4. The molecule has 2 aliphatic rings. The van der Waals surface area contributed by atoms with E-state index in [1.54, 1.807) is 6.92 Å². The van der Waals surface area contributed by atoms with E-state index in [2.05, 4.69) is 68.9 Å². The van der Waals surface area contributed by atoms with E-state index in [1.807, 2.05) is 21.7 Å². The number of piperazine rings is 1. The number of carbonyl (C=O) groups is 1. The number of benzene rings is 1. The number of carbonyl (C=O) groups excluding carboxylic acids is 1. The lowest BCUT2D eigenvalue weighted by Gasteiger charge is -2.45. The predicted octanol–water partition coefficient (Wildman–Crippen LogP) is 3.64. The number of aromatic nitrogens is 5. The van der Waals surface area contributed by atoms with Crippen LogP contribution < -0.4 is 10.6 Å². The summed E-state index contributed by atoms with van der Waals surface area (Å²) in [5.74, 6) is 0.558. The molecule has 1 aromatic carbocycles. The van der Waals surface area contributed by atoms with Gasteiger partial charge < -0.3 is 20.3 Å². The number of hydrogen-bond acceptors (Lipinski definition) is 7. The maximum atomic E-state index is 12.1. The van der Waals surface area contributed by atoms with E-state index in [1.165, 1.54) is 6.33 Å². The zero-order valence-electron chi connectivity index (χ0n) is 22.1. The smallest absolute Gasteiger partial charge is 0.220 e. The van der Waals surface area contributed by atoms with Gasteiger partial charge in [0.05, 0.1) is 17.4 Å². The second-order valence-electron chi connectivity index (χ2n) is 10.4. The van der Waals surface area contributed by atoms with Gasteiger partial charge in [0.1, 0.15) is 11.8 Å². The summed E-state index contributed by atoms with van der Waals surface area (Å²) in [6, 6.07) is 13.2. The quantitative estimate of drug-likeness (QED) is 0.443. The molecule has 2 atom stereocenters. The lowest BCUT2D eigenvalue weighted by atomic mass is 10.0. The topological polar surface area (TPSA) is 107 Å². The average Bonchev–Trinajstić information content (AvgIpc) is 3.54. The van der Waals surface area contributed by atoms with Crippen LogP contribution in [0.4, 0.5) is 11.5 Å². The molecule has 198 valence electrons. The summed E-state index contributed by atoms with van der Waals surface area (Å²) < 4.78 is 9.56. The van der Waals surface area contributed by atoms with Crippen molar-refractivity contribution in [2.45, 2.75) is 51.7 Å². The monoisotopic (exact) mass is 514 g/mol. The molecule has 2 fully saturated rings. The van der Waals surface area contributed by atoms with Crippen molar-refractivity contribution in [3.05, 3.63) is 48.9 Å². The molecular weight excluding hydrogens is 480 g/mol. The van der Waals surface area contributed by atoms with Crippen molar-refractivity contribution in [2.24, 2.45) is 0 Å². The van der Waals surface area contributed by atoms with E-state index in [9.17, 15) is 4.79 Å². The normalized spacial score (nSPS) is 20.8. The van der Waals surface area contributed by atoms with Crippen molar-refractivity contribution in [1.29, 1.82) is 0 Å². The summed E-state index contributed by atoms with van der Waals surface area (Å²) in [6.45, 7) is 8.92. The Morgan fingerprint density at radius 3 is 2.53 bits per heavy atom. The first-order chi connectivity index (χ1) is 18.4. The Morgan fingerprint density at radius 2 is 1.79 bits per heavy atom. The van der Waals surface area contributed by atoms with E-state index >= 15 is 0 Å². The number of fused-ring (bicyclic) bond motifs is 1. The predicted molar refractivity (Wildman–Crippen MR) is 147 cm³/mol. The molecule has 10 heteroatoms. The van der Waals surface area contributed by atoms with E-state index in [-0.39, 0.29) is 24.0 Å². The number of anilines is 2. The van der Waals surface area contributed by atoms with Gasteiger partial charge in [0, 0.05) is 68.3 Å². The second kappa shape index (κ2) is 9.75. The fraction of sp³-hybridized carbons (Fsp3) is 0.429. The average molecular weight is 515 g/mol. The van der Waals surface area contributed by atoms with Crippen LogP contribution in [0.15, 0.2) is 48.9 Å². The van der Waals surface area contributed by atoms with E-state index in [0.29, 0.717) is 5.82 Å². The number of rotatable bonds is 4. The first kappa shape index (κ1) is 24.4. The first-order valence-electron chi connectivity index (χ1n) is 13.3. The highest BCUT2D eigenvalue weighted by molar-refractivity contribution is 5.91. The second-order valence-corrected chi connectivity index (χ2v) is 10.4. The van der Waals surface area contributed by atoms with Crippen molar-refractivity contribution >= 4 is 22.9 Å². The summed E-state index contributed by atoms with van der Waals surface area (Å²) in [7, 11) is 0. The molecule has 2 N–H and O–H groups in total. The van der Waals surface area contributed by atoms with E-state index < -0.39 is 0 Å². The molecule has 0 unspecified atom stereocenters. The molecule has 38 heavy (non-hydrogen) atoms. The summed E-state index contributed by atoms with van der Waals surface area (Å²) in [5.41, 5.74) is 12.3. The van der Waals surface area contributed by atoms with E-state index in [4.69, 9.17) is 10.5 Å². The van der Waals surface area contributed by atoms with Crippen LogP contribution in [-0.4, -0.2) is 73.6 Å². The van der Waals surface area contributed by atoms with Crippen molar-refractivity contribution in [2.75, 3.05) is 36.9 Å². The Kier molecular flexibility index (Phi) is 6.27. The highest BCUT2D eigenvalue weighted by Crippen LogP contribution is 2.37. The molecule has 2 saturated heterocycles. The van der Waals surface area contributed by atoms with Crippen LogP contribution in [0.3, 0.4) is 0 Å². The van der Waals surface area contributed by atoms with Crippen molar-refractivity contribution in [3.63, 3.8) is 0 Å². The molecule has 2 aliphatic heterocycles. The molecule has 0 saturated carbocycles. The van der Waals surface area contributed by atoms with Crippen molar-refractivity contribution in [3.8, 4) is 22.5 Å². The molecular formula is C28H34N8O2. The molecule has 0 aliphatic carbocycles. The van der Waals surface area contributed by atoms with Gasteiger partial charge in [0.25, 0.3) is 0 Å². The third-order valence-corrected chi connectivity index (χ3v) is 7.86. The van der Waals surface area contributed by atoms with Gasteiger partial charge in [0.15, 0.2) is 5.82 Å². The highest BCUT2D eigenvalue weighted by Gasteiger charge is 2.31. The number of nitrogens with two attached hydrogens (primary N) is 1. The summed E-state index contributed by atoms with van der Waals surface area (Å²) in [4.78, 5) is 20.8. The number of amides is 1. The minimum absolute atomic E-state index is 0.128. The highest BCUT2D eigenvalue weighted by atomic mass is 16.5. The maximum absolute atomic E-state index is 12.1. The first-order valence-corrected chi connectivity index (χ1v) is 13.3. The van der Waals surface area contributed by atoms with Crippen LogP contribution in [0.2, 0.25) is 0 Å². The zero-order valence-corrected chi connectivity index (χ0v) is 22.1. The van der Waals surface area contributed by atoms with Gasteiger partial charge in [0.2, 0.25) is 5.91 Å². The molecule has 6 rings (SSSR count). The van der Waals surface area contributed by atoms with Gasteiger partial charge >= 0.3 is 0 Å². The molecule has 1 amide bonds. The number of hydrogen-bond donors (Lipinski definition) is 1. The Labute approximate surface area is 222 Å². The summed E-state index contributed by atoms with van der Waals surface area (Å²) >= 11 is 0. The molecule has 0 bridgehead atoms. The van der Waals surface area contributed by atoms with Gasteiger partial charge in [-0.05, 0) is 51.0 Å². The standard InChI is InChI=1S/C28H34N8O2/c1-18-15-33(16-19(2)34(18)20(3)37)23-6-4-5-21(13-23)26-14-24(27-28(29)30-17-32-36(26)27)25-7-10-31-35(25)22-8-11-38-12-9-22/h4-7,10,13-14,17-19,22H,8-9,11-12,15-16H2,1-3H3,(H2,29,30,32)/t18-,19+. The minimum Gasteiger partial charge on any atom is -0.382 e. The number of ether oxygens (including phenoxy) is 1. The van der Waals surface area contributed by atoms with Crippen molar-refractivity contribution in [1.82, 2.24) is 29.3 Å². The SMILES string of the molecule is CC(=O)N1[C@H](C)CN(c2cccc(-c3cc(-c4ccnn4C4CCOCC4)c4c(N)ncnn34)c2)C[C@@H]1C. The molecule has 0 radical (unpaired) electrons. The van der Waals surface area contributed by atoms with Gasteiger partial charge in [-0.3, -0.25) is 9.48 Å². The molecule has 4 aromatic rings. The lowest BCUT2D eigenvalue weighted by Crippen LogP contribution is -2.58. The van der Waals surface area contributed by atoms with Gasteiger partial charge in [-0.1, -0.05) is 12.1 Å². The Hall–Kier alpha value is -3.92. The van der Waals surface area contributed by atoms with Gasteiger partial charge in [-0.25, -0.2) is 9.50 Å². The largest absolute Gasteiger partial charge is 0.382 e. The lowest BCUT2D eigenvalue weighted by molar-refractivity contribution is -0.133. The third kappa shape index (κ3) is 4.18. The van der Waals surface area contributed by atoms with E-state index in [0.717, 1.165) is 72.9 Å². The third-order valence-electron chi connectivity index (χ3n) is 7.86. The maximum Gasteiger partial charge on any atom is 0.220 e.